The Kier molecular flexibility index (Phi) is 8.03. The standard InChI is InChI=1S/C24H27N3O6S2/c1-26(34(2,29)30)22-11-7-10-20(16-22)25-24(28)17-27(35(3,31)32)21-12-14-23(15-13-21)33-18-19-8-5-4-6-9-19/h4-16H,17-18H2,1-3H3,(H,25,28). The number of benzene rings is 3. The van der Waals surface area contributed by atoms with E-state index < -0.39 is 32.5 Å². The molecule has 3 rings (SSSR count). The van der Waals surface area contributed by atoms with E-state index >= 15 is 0 Å². The van der Waals surface area contributed by atoms with Gasteiger partial charge in [0.1, 0.15) is 18.9 Å². The molecule has 0 unspecified atom stereocenters. The van der Waals surface area contributed by atoms with E-state index in [1.54, 1.807) is 42.5 Å². The average molecular weight is 518 g/mol. The lowest BCUT2D eigenvalue weighted by Crippen LogP contribution is -2.37. The Morgan fingerprint density at radius 3 is 2.09 bits per heavy atom. The van der Waals surface area contributed by atoms with Crippen LogP contribution in [0.2, 0.25) is 0 Å². The summed E-state index contributed by atoms with van der Waals surface area (Å²) >= 11 is 0. The Morgan fingerprint density at radius 1 is 0.829 bits per heavy atom. The van der Waals surface area contributed by atoms with Gasteiger partial charge in [-0.05, 0) is 48.0 Å². The maximum atomic E-state index is 12.7. The largest absolute Gasteiger partial charge is 0.489 e. The molecule has 0 aliphatic rings. The number of hydrogen-bond acceptors (Lipinski definition) is 6. The van der Waals surface area contributed by atoms with Gasteiger partial charge in [-0.1, -0.05) is 36.4 Å². The zero-order valence-corrected chi connectivity index (χ0v) is 21.2. The summed E-state index contributed by atoms with van der Waals surface area (Å²) < 4.78 is 56.2. The fourth-order valence-corrected chi connectivity index (χ4v) is 4.50. The van der Waals surface area contributed by atoms with E-state index in [4.69, 9.17) is 4.74 Å². The molecule has 0 radical (unpaired) electrons. The van der Waals surface area contributed by atoms with E-state index in [0.29, 0.717) is 29.4 Å². The van der Waals surface area contributed by atoms with Gasteiger partial charge in [0, 0.05) is 12.7 Å². The van der Waals surface area contributed by atoms with Crippen molar-refractivity contribution in [2.24, 2.45) is 0 Å². The molecule has 0 saturated carbocycles. The lowest BCUT2D eigenvalue weighted by atomic mass is 10.2. The Morgan fingerprint density at radius 2 is 1.49 bits per heavy atom. The average Bonchev–Trinajstić information content (AvgIpc) is 2.81. The van der Waals surface area contributed by atoms with Crippen LogP contribution in [-0.2, 0) is 31.4 Å². The van der Waals surface area contributed by atoms with Crippen LogP contribution in [0.5, 0.6) is 5.75 Å². The second-order valence-electron chi connectivity index (χ2n) is 7.87. The van der Waals surface area contributed by atoms with Gasteiger partial charge in [0.05, 0.1) is 23.9 Å². The minimum Gasteiger partial charge on any atom is -0.489 e. The Balaban J connectivity index is 1.70. The molecule has 11 heteroatoms. The zero-order valence-electron chi connectivity index (χ0n) is 19.6. The van der Waals surface area contributed by atoms with Gasteiger partial charge >= 0.3 is 0 Å². The lowest BCUT2D eigenvalue weighted by Gasteiger charge is -2.22. The number of rotatable bonds is 10. The van der Waals surface area contributed by atoms with Crippen LogP contribution in [0.1, 0.15) is 5.56 Å². The van der Waals surface area contributed by atoms with Gasteiger partial charge in [0.25, 0.3) is 0 Å². The van der Waals surface area contributed by atoms with Gasteiger partial charge in [0.15, 0.2) is 0 Å². The molecule has 0 spiro atoms. The summed E-state index contributed by atoms with van der Waals surface area (Å²) in [6.45, 7) is -0.0961. The molecule has 0 saturated heterocycles. The quantitative estimate of drug-likeness (QED) is 0.442. The summed E-state index contributed by atoms with van der Waals surface area (Å²) in [6, 6.07) is 22.3. The van der Waals surface area contributed by atoms with Crippen LogP contribution < -0.4 is 18.7 Å². The van der Waals surface area contributed by atoms with Crippen LogP contribution in [0.15, 0.2) is 78.9 Å². The molecule has 0 aromatic heterocycles. The van der Waals surface area contributed by atoms with E-state index in [9.17, 15) is 21.6 Å². The summed E-state index contributed by atoms with van der Waals surface area (Å²) in [4.78, 5) is 12.7. The van der Waals surface area contributed by atoms with Crippen LogP contribution in [-0.4, -0.2) is 48.8 Å². The van der Waals surface area contributed by atoms with Crippen molar-refractivity contribution in [3.63, 3.8) is 0 Å². The van der Waals surface area contributed by atoms with Crippen molar-refractivity contribution in [1.82, 2.24) is 0 Å². The molecule has 0 aliphatic carbocycles. The first kappa shape index (κ1) is 26.0. The zero-order chi connectivity index (χ0) is 25.6. The number of sulfonamides is 2. The summed E-state index contributed by atoms with van der Waals surface area (Å²) in [6.07, 6.45) is 2.09. The van der Waals surface area contributed by atoms with Gasteiger partial charge < -0.3 is 10.1 Å². The molecule has 1 amide bonds. The number of carbonyl (C=O) groups is 1. The van der Waals surface area contributed by atoms with Crippen molar-refractivity contribution in [2.75, 3.05) is 40.0 Å². The molecule has 0 bridgehead atoms. The molecule has 3 aromatic carbocycles. The van der Waals surface area contributed by atoms with Crippen molar-refractivity contribution < 1.29 is 26.4 Å². The Labute approximate surface area is 206 Å². The lowest BCUT2D eigenvalue weighted by molar-refractivity contribution is -0.114. The molecular weight excluding hydrogens is 490 g/mol. The number of anilines is 3. The highest BCUT2D eigenvalue weighted by Gasteiger charge is 2.21. The Hall–Kier alpha value is -3.57. The number of hydrogen-bond donors (Lipinski definition) is 1. The van der Waals surface area contributed by atoms with E-state index in [1.165, 1.54) is 13.1 Å². The maximum absolute atomic E-state index is 12.7. The summed E-state index contributed by atoms with van der Waals surface area (Å²) in [5, 5.41) is 2.62. The summed E-state index contributed by atoms with van der Waals surface area (Å²) in [7, 11) is -5.85. The van der Waals surface area contributed by atoms with Gasteiger partial charge in [0.2, 0.25) is 26.0 Å². The molecular formula is C24H27N3O6S2. The van der Waals surface area contributed by atoms with Crippen LogP contribution in [0, 0.1) is 0 Å². The normalized spacial score (nSPS) is 11.5. The number of ether oxygens (including phenoxy) is 1. The minimum absolute atomic E-state index is 0.306. The van der Waals surface area contributed by atoms with Crippen molar-refractivity contribution in [1.29, 1.82) is 0 Å². The monoisotopic (exact) mass is 517 g/mol. The predicted octanol–water partition coefficient (Wildman–Crippen LogP) is 3.07. The summed E-state index contributed by atoms with van der Waals surface area (Å²) in [5.74, 6) is -0.0266. The number of nitrogens with zero attached hydrogens (tertiary/aromatic N) is 2. The molecule has 0 heterocycles. The fraction of sp³-hybridized carbons (Fsp3) is 0.208. The second-order valence-corrected chi connectivity index (χ2v) is 11.8. The third-order valence-corrected chi connectivity index (χ3v) is 7.40. The third-order valence-electron chi connectivity index (χ3n) is 5.05. The molecule has 0 aliphatic heterocycles. The number of amides is 1. The van der Waals surface area contributed by atoms with Gasteiger partial charge in [-0.2, -0.15) is 0 Å². The van der Waals surface area contributed by atoms with Crippen LogP contribution in [0.25, 0.3) is 0 Å². The molecule has 3 aromatic rings. The van der Waals surface area contributed by atoms with Crippen molar-refractivity contribution >= 4 is 43.0 Å². The highest BCUT2D eigenvalue weighted by atomic mass is 32.2. The predicted molar refractivity (Wildman–Crippen MR) is 138 cm³/mol. The van der Waals surface area contributed by atoms with Crippen molar-refractivity contribution in [2.45, 2.75) is 6.61 Å². The fourth-order valence-electron chi connectivity index (χ4n) is 3.15. The molecule has 0 atom stereocenters. The first-order chi connectivity index (χ1) is 16.4. The van der Waals surface area contributed by atoms with E-state index in [1.807, 2.05) is 30.3 Å². The van der Waals surface area contributed by atoms with Crippen LogP contribution in [0.4, 0.5) is 17.1 Å². The molecule has 1 N–H and O–H groups in total. The number of carbonyl (C=O) groups excluding carboxylic acids is 1. The maximum Gasteiger partial charge on any atom is 0.245 e. The van der Waals surface area contributed by atoms with Crippen LogP contribution in [0.3, 0.4) is 0 Å². The van der Waals surface area contributed by atoms with Gasteiger partial charge in [-0.15, -0.1) is 0 Å². The van der Waals surface area contributed by atoms with Gasteiger partial charge in [-0.3, -0.25) is 13.4 Å². The van der Waals surface area contributed by atoms with E-state index in [-0.39, 0.29) is 0 Å². The van der Waals surface area contributed by atoms with E-state index in [0.717, 1.165) is 26.7 Å². The summed E-state index contributed by atoms with van der Waals surface area (Å²) in [5.41, 5.74) is 2.00. The van der Waals surface area contributed by atoms with Crippen LogP contribution >= 0.6 is 0 Å². The highest BCUT2D eigenvalue weighted by Crippen LogP contribution is 2.23. The first-order valence-electron chi connectivity index (χ1n) is 10.5. The number of nitrogens with one attached hydrogen (secondary N) is 1. The SMILES string of the molecule is CN(c1cccc(NC(=O)CN(c2ccc(OCc3ccccc3)cc2)S(C)(=O)=O)c1)S(C)(=O)=O. The second kappa shape index (κ2) is 10.8. The molecule has 186 valence electrons. The smallest absolute Gasteiger partial charge is 0.245 e. The van der Waals surface area contributed by atoms with Crippen molar-refractivity contribution in [3.8, 4) is 5.75 Å². The van der Waals surface area contributed by atoms with E-state index in [2.05, 4.69) is 5.32 Å². The topological polar surface area (TPSA) is 113 Å². The van der Waals surface area contributed by atoms with Crippen molar-refractivity contribution in [3.05, 3.63) is 84.4 Å². The molecule has 0 fully saturated rings. The first-order valence-corrected chi connectivity index (χ1v) is 14.2. The molecule has 9 nitrogen and oxygen atoms in total. The Bertz CT molecular complexity index is 1380. The highest BCUT2D eigenvalue weighted by molar-refractivity contribution is 7.92. The van der Waals surface area contributed by atoms with Gasteiger partial charge in [-0.25, -0.2) is 16.8 Å². The minimum atomic E-state index is -3.77. The molecule has 35 heavy (non-hydrogen) atoms. The third kappa shape index (κ3) is 7.46.